The molecule has 10 heavy (non-hydrogen) atoms. The molecular formula is C8H5BrN. The summed E-state index contributed by atoms with van der Waals surface area (Å²) in [5, 5.41) is 4.15. The van der Waals surface area contributed by atoms with Crippen molar-refractivity contribution >= 4 is 27.7 Å². The lowest BCUT2D eigenvalue weighted by Crippen LogP contribution is -1.80. The maximum atomic E-state index is 4.15. The zero-order chi connectivity index (χ0) is 6.97. The average Bonchev–Trinajstić information content (AvgIpc) is 2.36. The second kappa shape index (κ2) is 2.13. The molecule has 2 heteroatoms. The van der Waals surface area contributed by atoms with Crippen molar-refractivity contribution in [3.8, 4) is 0 Å². The van der Waals surface area contributed by atoms with Gasteiger partial charge in [0.1, 0.15) is 0 Å². The second-order valence-corrected chi connectivity index (χ2v) is 2.97. The highest BCUT2D eigenvalue weighted by molar-refractivity contribution is 9.10. The average molecular weight is 195 g/mol. The van der Waals surface area contributed by atoms with Gasteiger partial charge in [0.05, 0.1) is 5.69 Å². The summed E-state index contributed by atoms with van der Waals surface area (Å²) >= 11 is 3.44. The van der Waals surface area contributed by atoms with Crippen LogP contribution in [-0.2, 0) is 0 Å². The first-order chi connectivity index (χ1) is 4.88. The maximum absolute atomic E-state index is 4.15. The Morgan fingerprint density at radius 1 is 1.30 bits per heavy atom. The lowest BCUT2D eigenvalue weighted by Gasteiger charge is -1.97. The van der Waals surface area contributed by atoms with E-state index >= 15 is 0 Å². The largest absolute Gasteiger partial charge is 0.256 e. The smallest absolute Gasteiger partial charge is 0.0713 e. The Kier molecular flexibility index (Phi) is 1.27. The van der Waals surface area contributed by atoms with E-state index in [2.05, 4.69) is 21.2 Å². The molecule has 0 amide bonds. The van der Waals surface area contributed by atoms with E-state index in [0.29, 0.717) is 0 Å². The summed E-state index contributed by atoms with van der Waals surface area (Å²) in [6, 6.07) is 6.00. The molecule has 0 saturated heterocycles. The standard InChI is InChI=1S/C8H5BrN/c9-7-2-1-3-8-6(7)4-5-10-8/h1-5H. The zero-order valence-electron chi connectivity index (χ0n) is 5.21. The van der Waals surface area contributed by atoms with Gasteiger partial charge in [0.15, 0.2) is 0 Å². The Bertz CT molecular complexity index is 291. The normalized spacial score (nSPS) is 12.9. The topological polar surface area (TPSA) is 14.1 Å². The van der Waals surface area contributed by atoms with Crippen molar-refractivity contribution in [1.29, 1.82) is 0 Å². The van der Waals surface area contributed by atoms with Crippen LogP contribution in [0.25, 0.3) is 6.08 Å². The first-order valence-corrected chi connectivity index (χ1v) is 3.83. The van der Waals surface area contributed by atoms with E-state index in [9.17, 15) is 0 Å². The molecule has 49 valence electrons. The molecule has 0 spiro atoms. The molecule has 1 aromatic carbocycles. The molecule has 0 N–H and O–H groups in total. The van der Waals surface area contributed by atoms with Crippen LogP contribution in [-0.4, -0.2) is 0 Å². The van der Waals surface area contributed by atoms with Crippen molar-refractivity contribution in [3.63, 3.8) is 0 Å². The van der Waals surface area contributed by atoms with Gasteiger partial charge in [0.25, 0.3) is 0 Å². The highest BCUT2D eigenvalue weighted by atomic mass is 79.9. The third-order valence-electron chi connectivity index (χ3n) is 1.48. The molecule has 0 fully saturated rings. The first-order valence-electron chi connectivity index (χ1n) is 3.04. The van der Waals surface area contributed by atoms with Gasteiger partial charge >= 0.3 is 0 Å². The van der Waals surface area contributed by atoms with Crippen LogP contribution < -0.4 is 5.32 Å². The molecule has 0 atom stereocenters. The zero-order valence-corrected chi connectivity index (χ0v) is 6.80. The Labute approximate surface area is 67.9 Å². The molecule has 0 bridgehead atoms. The van der Waals surface area contributed by atoms with Gasteiger partial charge in [-0.05, 0) is 18.2 Å². The number of nitrogens with zero attached hydrogens (tertiary/aromatic N) is 1. The third kappa shape index (κ3) is 0.762. The molecule has 2 rings (SSSR count). The fourth-order valence-electron chi connectivity index (χ4n) is 0.995. The molecule has 1 nitrogen and oxygen atoms in total. The molecular weight excluding hydrogens is 190 g/mol. The monoisotopic (exact) mass is 194 g/mol. The van der Waals surface area contributed by atoms with E-state index in [-0.39, 0.29) is 0 Å². The molecule has 0 saturated carbocycles. The van der Waals surface area contributed by atoms with Crippen LogP contribution in [0.4, 0.5) is 5.69 Å². The Hall–Kier alpha value is -0.760. The second-order valence-electron chi connectivity index (χ2n) is 2.12. The summed E-state index contributed by atoms with van der Waals surface area (Å²) in [6.07, 6.45) is 3.81. The predicted octanol–water partition coefficient (Wildman–Crippen LogP) is 2.67. The van der Waals surface area contributed by atoms with Gasteiger partial charge in [0.2, 0.25) is 0 Å². The van der Waals surface area contributed by atoms with E-state index in [0.717, 1.165) is 10.2 Å². The van der Waals surface area contributed by atoms with Crippen LogP contribution in [0.1, 0.15) is 5.56 Å². The molecule has 1 heterocycles. The van der Waals surface area contributed by atoms with Crippen LogP contribution in [0.2, 0.25) is 0 Å². The molecule has 1 aromatic rings. The van der Waals surface area contributed by atoms with E-state index in [1.54, 1.807) is 0 Å². The van der Waals surface area contributed by atoms with Crippen LogP contribution in [0, 0.1) is 0 Å². The molecule has 1 radical (unpaired) electrons. The minimum absolute atomic E-state index is 1.05. The number of halogens is 1. The number of benzene rings is 1. The lowest BCUT2D eigenvalue weighted by atomic mass is 10.2. The number of hydrogen-bond acceptors (Lipinski definition) is 0. The highest BCUT2D eigenvalue weighted by Crippen LogP contribution is 2.29. The van der Waals surface area contributed by atoms with Crippen LogP contribution in [0.5, 0.6) is 0 Å². The summed E-state index contributed by atoms with van der Waals surface area (Å²) in [7, 11) is 0. The van der Waals surface area contributed by atoms with Gasteiger partial charge in [-0.2, -0.15) is 0 Å². The molecule has 1 aliphatic heterocycles. The van der Waals surface area contributed by atoms with Gasteiger partial charge in [-0.3, -0.25) is 5.32 Å². The van der Waals surface area contributed by atoms with E-state index in [1.165, 1.54) is 5.56 Å². The van der Waals surface area contributed by atoms with Crippen molar-refractivity contribution in [3.05, 3.63) is 34.4 Å². The predicted molar refractivity (Wildman–Crippen MR) is 45.0 cm³/mol. The minimum atomic E-state index is 1.05. The van der Waals surface area contributed by atoms with E-state index in [4.69, 9.17) is 0 Å². The third-order valence-corrected chi connectivity index (χ3v) is 2.18. The van der Waals surface area contributed by atoms with Crippen molar-refractivity contribution in [1.82, 2.24) is 5.32 Å². The maximum Gasteiger partial charge on any atom is 0.0713 e. The Morgan fingerprint density at radius 2 is 2.20 bits per heavy atom. The molecule has 0 aromatic heterocycles. The van der Waals surface area contributed by atoms with E-state index in [1.807, 2.05) is 30.5 Å². The van der Waals surface area contributed by atoms with Crippen molar-refractivity contribution in [2.24, 2.45) is 0 Å². The van der Waals surface area contributed by atoms with Gasteiger partial charge in [0, 0.05) is 16.2 Å². The number of hydrogen-bond donors (Lipinski definition) is 0. The van der Waals surface area contributed by atoms with Crippen molar-refractivity contribution in [2.75, 3.05) is 0 Å². The quantitative estimate of drug-likeness (QED) is 0.604. The SMILES string of the molecule is Brc1cccc2c1C=C[N]2. The molecule has 1 aliphatic rings. The summed E-state index contributed by atoms with van der Waals surface area (Å²) in [4.78, 5) is 0. The minimum Gasteiger partial charge on any atom is -0.256 e. The Morgan fingerprint density at radius 3 is 3.00 bits per heavy atom. The molecule has 0 unspecified atom stereocenters. The Balaban J connectivity index is 2.67. The summed E-state index contributed by atoms with van der Waals surface area (Å²) in [5.41, 5.74) is 2.23. The van der Waals surface area contributed by atoms with Crippen LogP contribution in [0.3, 0.4) is 0 Å². The summed E-state index contributed by atoms with van der Waals surface area (Å²) in [5.74, 6) is 0. The fraction of sp³-hybridized carbons (Fsp3) is 0. The van der Waals surface area contributed by atoms with Crippen molar-refractivity contribution in [2.45, 2.75) is 0 Å². The number of rotatable bonds is 0. The van der Waals surface area contributed by atoms with Crippen LogP contribution >= 0.6 is 15.9 Å². The summed E-state index contributed by atoms with van der Waals surface area (Å²) < 4.78 is 1.11. The first kappa shape index (κ1) is 5.98. The lowest BCUT2D eigenvalue weighted by molar-refractivity contribution is 1.22. The number of fused-ring (bicyclic) bond motifs is 1. The van der Waals surface area contributed by atoms with Gasteiger partial charge in [-0.1, -0.05) is 22.0 Å². The van der Waals surface area contributed by atoms with Crippen molar-refractivity contribution < 1.29 is 0 Å². The van der Waals surface area contributed by atoms with Gasteiger partial charge < -0.3 is 0 Å². The fourth-order valence-corrected chi connectivity index (χ4v) is 1.48. The van der Waals surface area contributed by atoms with Crippen LogP contribution in [0.15, 0.2) is 28.9 Å². The van der Waals surface area contributed by atoms with Gasteiger partial charge in [-0.25, -0.2) is 0 Å². The summed E-state index contributed by atoms with van der Waals surface area (Å²) in [6.45, 7) is 0. The molecule has 0 aliphatic carbocycles. The highest BCUT2D eigenvalue weighted by Gasteiger charge is 2.07. The van der Waals surface area contributed by atoms with E-state index < -0.39 is 0 Å². The van der Waals surface area contributed by atoms with Gasteiger partial charge in [-0.15, -0.1) is 0 Å².